The first-order valence-electron chi connectivity index (χ1n) is 7.32. The molecule has 0 aromatic heterocycles. The number of nitrogens with two attached hydrogens (primary N) is 1. The van der Waals surface area contributed by atoms with E-state index in [4.69, 9.17) is 10.5 Å². The van der Waals surface area contributed by atoms with Crippen molar-refractivity contribution in [3.63, 3.8) is 0 Å². The molecule has 1 aliphatic carbocycles. The van der Waals surface area contributed by atoms with Crippen LogP contribution in [0.25, 0.3) is 0 Å². The van der Waals surface area contributed by atoms with Crippen LogP contribution >= 0.6 is 11.8 Å². The summed E-state index contributed by atoms with van der Waals surface area (Å²) >= 11 is 2.08. The van der Waals surface area contributed by atoms with Crippen LogP contribution < -0.4 is 10.5 Å². The van der Waals surface area contributed by atoms with Crippen molar-refractivity contribution in [3.05, 3.63) is 29.8 Å². The maximum absolute atomic E-state index is 5.85. The van der Waals surface area contributed by atoms with Gasteiger partial charge in [-0.25, -0.2) is 0 Å². The minimum Gasteiger partial charge on any atom is -0.492 e. The Morgan fingerprint density at radius 3 is 2.95 bits per heavy atom. The van der Waals surface area contributed by atoms with Gasteiger partial charge in [-0.15, -0.1) is 0 Å². The Morgan fingerprint density at radius 1 is 1.32 bits per heavy atom. The quantitative estimate of drug-likeness (QED) is 0.804. The lowest BCUT2D eigenvalue weighted by Crippen LogP contribution is -2.16. The van der Waals surface area contributed by atoms with Crippen LogP contribution in [0.5, 0.6) is 5.75 Å². The van der Waals surface area contributed by atoms with Crippen LogP contribution in [0.15, 0.2) is 24.3 Å². The van der Waals surface area contributed by atoms with Gasteiger partial charge in [-0.3, -0.25) is 0 Å². The third-order valence-electron chi connectivity index (χ3n) is 3.78. The van der Waals surface area contributed by atoms with E-state index in [2.05, 4.69) is 18.7 Å². The summed E-state index contributed by atoms with van der Waals surface area (Å²) in [6, 6.07) is 8.05. The van der Waals surface area contributed by atoms with Gasteiger partial charge in [-0.05, 0) is 24.8 Å². The maximum Gasteiger partial charge on any atom is 0.123 e. The molecule has 1 aliphatic rings. The van der Waals surface area contributed by atoms with E-state index in [9.17, 15) is 0 Å². The molecule has 19 heavy (non-hydrogen) atoms. The molecule has 1 aromatic carbocycles. The van der Waals surface area contributed by atoms with Crippen LogP contribution in [0.1, 0.15) is 38.2 Å². The summed E-state index contributed by atoms with van der Waals surface area (Å²) in [5.41, 5.74) is 6.80. The van der Waals surface area contributed by atoms with E-state index in [1.54, 1.807) is 0 Å². The zero-order valence-corrected chi connectivity index (χ0v) is 12.6. The molecule has 0 saturated heterocycles. The zero-order valence-electron chi connectivity index (χ0n) is 11.8. The standard InChI is InChI=1S/C16H25NOS/c1-13-5-4-7-15(11-13)19-10-9-18-16-8-3-2-6-14(16)12-17/h2-3,6,8,13,15H,4-5,7,9-12,17H2,1H3. The Labute approximate surface area is 121 Å². The summed E-state index contributed by atoms with van der Waals surface area (Å²) in [7, 11) is 0. The third-order valence-corrected chi connectivity index (χ3v) is 5.08. The molecule has 2 rings (SSSR count). The summed E-state index contributed by atoms with van der Waals surface area (Å²) in [5.74, 6) is 2.93. The summed E-state index contributed by atoms with van der Waals surface area (Å²) in [4.78, 5) is 0. The fourth-order valence-electron chi connectivity index (χ4n) is 2.71. The Kier molecular flexibility index (Phi) is 6.05. The van der Waals surface area contributed by atoms with Crippen molar-refractivity contribution < 1.29 is 4.74 Å². The fraction of sp³-hybridized carbons (Fsp3) is 0.625. The summed E-state index contributed by atoms with van der Waals surface area (Å²) in [6.07, 6.45) is 5.57. The highest BCUT2D eigenvalue weighted by Crippen LogP contribution is 2.31. The molecule has 0 bridgehead atoms. The first-order valence-corrected chi connectivity index (χ1v) is 8.37. The molecule has 1 aromatic rings. The van der Waals surface area contributed by atoms with E-state index < -0.39 is 0 Å². The number of rotatable bonds is 6. The molecule has 3 heteroatoms. The topological polar surface area (TPSA) is 35.2 Å². The van der Waals surface area contributed by atoms with Crippen molar-refractivity contribution in [2.75, 3.05) is 12.4 Å². The first-order chi connectivity index (χ1) is 9.29. The zero-order chi connectivity index (χ0) is 13.5. The molecule has 2 nitrogen and oxygen atoms in total. The second-order valence-corrected chi connectivity index (χ2v) is 6.83. The van der Waals surface area contributed by atoms with E-state index in [0.29, 0.717) is 6.54 Å². The maximum atomic E-state index is 5.85. The van der Waals surface area contributed by atoms with Crippen LogP contribution in [0.3, 0.4) is 0 Å². The highest BCUT2D eigenvalue weighted by molar-refractivity contribution is 7.99. The molecule has 0 spiro atoms. The van der Waals surface area contributed by atoms with E-state index in [1.165, 1.54) is 25.7 Å². The molecule has 2 atom stereocenters. The van der Waals surface area contributed by atoms with Gasteiger partial charge in [-0.2, -0.15) is 11.8 Å². The minimum absolute atomic E-state index is 0.545. The molecule has 2 N–H and O–H groups in total. The number of hydrogen-bond donors (Lipinski definition) is 1. The Morgan fingerprint density at radius 2 is 2.16 bits per heavy atom. The fourth-order valence-corrected chi connectivity index (χ4v) is 4.02. The van der Waals surface area contributed by atoms with Crippen molar-refractivity contribution in [1.82, 2.24) is 0 Å². The first kappa shape index (κ1) is 14.7. The predicted molar refractivity (Wildman–Crippen MR) is 83.7 cm³/mol. The number of ether oxygens (including phenoxy) is 1. The molecule has 0 amide bonds. The number of para-hydroxylation sites is 1. The predicted octanol–water partition coefficient (Wildman–Crippen LogP) is 3.84. The second kappa shape index (κ2) is 7.81. The smallest absolute Gasteiger partial charge is 0.123 e. The molecular weight excluding hydrogens is 254 g/mol. The summed E-state index contributed by atoms with van der Waals surface area (Å²) in [6.45, 7) is 3.71. The lowest BCUT2D eigenvalue weighted by Gasteiger charge is -2.26. The summed E-state index contributed by atoms with van der Waals surface area (Å²) in [5, 5.41) is 0.845. The van der Waals surface area contributed by atoms with Crippen LogP contribution in [-0.2, 0) is 6.54 Å². The number of thioether (sulfide) groups is 1. The van der Waals surface area contributed by atoms with Gasteiger partial charge in [-0.1, -0.05) is 38.0 Å². The van der Waals surface area contributed by atoms with E-state index in [0.717, 1.165) is 34.8 Å². The SMILES string of the molecule is CC1CCCC(SCCOc2ccccc2CN)C1. The van der Waals surface area contributed by atoms with Crippen molar-refractivity contribution in [1.29, 1.82) is 0 Å². The molecule has 106 valence electrons. The minimum atomic E-state index is 0.545. The van der Waals surface area contributed by atoms with Crippen molar-refractivity contribution in [2.24, 2.45) is 11.7 Å². The van der Waals surface area contributed by atoms with Gasteiger partial charge < -0.3 is 10.5 Å². The van der Waals surface area contributed by atoms with Gasteiger partial charge >= 0.3 is 0 Å². The lowest BCUT2D eigenvalue weighted by atomic mass is 9.91. The van der Waals surface area contributed by atoms with E-state index in [1.807, 2.05) is 24.3 Å². The largest absolute Gasteiger partial charge is 0.492 e. The highest BCUT2D eigenvalue weighted by Gasteiger charge is 2.18. The third kappa shape index (κ3) is 4.73. The van der Waals surface area contributed by atoms with Crippen LogP contribution in [0, 0.1) is 5.92 Å². The van der Waals surface area contributed by atoms with Gasteiger partial charge in [0.1, 0.15) is 5.75 Å². The second-order valence-electron chi connectivity index (χ2n) is 5.42. The van der Waals surface area contributed by atoms with Crippen LogP contribution in [0.4, 0.5) is 0 Å². The molecule has 0 heterocycles. The van der Waals surface area contributed by atoms with Gasteiger partial charge in [0.05, 0.1) is 6.61 Å². The summed E-state index contributed by atoms with van der Waals surface area (Å²) < 4.78 is 5.85. The molecule has 1 saturated carbocycles. The number of benzene rings is 1. The Bertz CT molecular complexity index is 383. The van der Waals surface area contributed by atoms with E-state index in [-0.39, 0.29) is 0 Å². The molecular formula is C16H25NOS. The van der Waals surface area contributed by atoms with Crippen LogP contribution in [0.2, 0.25) is 0 Å². The Balaban J connectivity index is 1.69. The number of hydrogen-bond acceptors (Lipinski definition) is 3. The molecule has 1 fully saturated rings. The van der Waals surface area contributed by atoms with Gasteiger partial charge in [0.15, 0.2) is 0 Å². The average Bonchev–Trinajstić information content (AvgIpc) is 2.44. The normalized spacial score (nSPS) is 23.3. The van der Waals surface area contributed by atoms with Gasteiger partial charge in [0.2, 0.25) is 0 Å². The van der Waals surface area contributed by atoms with Gasteiger partial charge in [0.25, 0.3) is 0 Å². The van der Waals surface area contributed by atoms with Crippen molar-refractivity contribution in [3.8, 4) is 5.75 Å². The van der Waals surface area contributed by atoms with Gasteiger partial charge in [0, 0.05) is 23.1 Å². The highest BCUT2D eigenvalue weighted by atomic mass is 32.2. The molecule has 2 unspecified atom stereocenters. The van der Waals surface area contributed by atoms with Crippen molar-refractivity contribution >= 4 is 11.8 Å². The lowest BCUT2D eigenvalue weighted by molar-refractivity contribution is 0.339. The molecule has 0 aliphatic heterocycles. The molecule has 0 radical (unpaired) electrons. The monoisotopic (exact) mass is 279 g/mol. The Hall–Kier alpha value is -0.670. The van der Waals surface area contributed by atoms with E-state index >= 15 is 0 Å². The van der Waals surface area contributed by atoms with Crippen molar-refractivity contribution in [2.45, 2.75) is 44.4 Å². The van der Waals surface area contributed by atoms with Crippen LogP contribution in [-0.4, -0.2) is 17.6 Å². The average molecular weight is 279 g/mol.